The van der Waals surface area contributed by atoms with Crippen LogP contribution < -0.4 is 5.32 Å². The van der Waals surface area contributed by atoms with Crippen LogP contribution in [0.4, 0.5) is 0 Å². The lowest BCUT2D eigenvalue weighted by atomic mass is 10.0. The number of hydrogen-bond donors (Lipinski definition) is 1. The Morgan fingerprint density at radius 1 is 1.31 bits per heavy atom. The Balaban J connectivity index is 1.93. The Hall–Kier alpha value is -0.180. The van der Waals surface area contributed by atoms with Crippen molar-refractivity contribution >= 4 is 17.7 Å². The summed E-state index contributed by atoms with van der Waals surface area (Å²) in [5.41, 5.74) is 0. The number of rotatable bonds is 6. The zero-order valence-electron chi connectivity index (χ0n) is 10.6. The molecule has 1 aliphatic carbocycles. The zero-order valence-corrected chi connectivity index (χ0v) is 11.4. The van der Waals surface area contributed by atoms with Crippen molar-refractivity contribution in [3.8, 4) is 0 Å². The van der Waals surface area contributed by atoms with Crippen LogP contribution in [0.3, 0.4) is 0 Å². The number of thioether (sulfide) groups is 1. The van der Waals surface area contributed by atoms with E-state index in [1.54, 1.807) is 0 Å². The smallest absolute Gasteiger partial charge is 0.222 e. The SMILES string of the molecule is CC(C)C(=O)NCCCSC1CCCCC1. The molecule has 0 heterocycles. The van der Waals surface area contributed by atoms with Crippen molar-refractivity contribution in [2.45, 2.75) is 57.6 Å². The topological polar surface area (TPSA) is 29.1 Å². The van der Waals surface area contributed by atoms with Gasteiger partial charge in [0, 0.05) is 17.7 Å². The molecule has 0 spiro atoms. The molecular formula is C13H25NOS. The first-order valence-electron chi connectivity index (χ1n) is 6.59. The highest BCUT2D eigenvalue weighted by Gasteiger charge is 2.13. The summed E-state index contributed by atoms with van der Waals surface area (Å²) in [5.74, 6) is 1.50. The van der Waals surface area contributed by atoms with Gasteiger partial charge < -0.3 is 5.32 Å². The van der Waals surface area contributed by atoms with Crippen LogP contribution in [0.25, 0.3) is 0 Å². The molecule has 16 heavy (non-hydrogen) atoms. The van der Waals surface area contributed by atoms with Gasteiger partial charge in [0.2, 0.25) is 5.91 Å². The molecule has 0 unspecified atom stereocenters. The van der Waals surface area contributed by atoms with Gasteiger partial charge in [0.05, 0.1) is 0 Å². The fraction of sp³-hybridized carbons (Fsp3) is 0.923. The normalized spacial score (nSPS) is 17.7. The van der Waals surface area contributed by atoms with Crippen molar-refractivity contribution in [2.75, 3.05) is 12.3 Å². The molecule has 0 radical (unpaired) electrons. The Bertz CT molecular complexity index is 200. The van der Waals surface area contributed by atoms with E-state index in [1.165, 1.54) is 37.9 Å². The predicted molar refractivity (Wildman–Crippen MR) is 71.8 cm³/mol. The second-order valence-electron chi connectivity index (χ2n) is 4.93. The Morgan fingerprint density at radius 3 is 2.62 bits per heavy atom. The van der Waals surface area contributed by atoms with Crippen LogP contribution in [0.5, 0.6) is 0 Å². The van der Waals surface area contributed by atoms with Crippen molar-refractivity contribution in [1.82, 2.24) is 5.32 Å². The summed E-state index contributed by atoms with van der Waals surface area (Å²) in [4.78, 5) is 11.3. The van der Waals surface area contributed by atoms with E-state index in [1.807, 2.05) is 13.8 Å². The summed E-state index contributed by atoms with van der Waals surface area (Å²) in [6, 6.07) is 0. The van der Waals surface area contributed by atoms with Gasteiger partial charge >= 0.3 is 0 Å². The maximum Gasteiger partial charge on any atom is 0.222 e. The first-order chi connectivity index (χ1) is 7.70. The number of carbonyl (C=O) groups is 1. The van der Waals surface area contributed by atoms with Gasteiger partial charge in [0.15, 0.2) is 0 Å². The van der Waals surface area contributed by atoms with Gasteiger partial charge in [-0.1, -0.05) is 33.1 Å². The number of nitrogens with one attached hydrogen (secondary N) is 1. The maximum absolute atomic E-state index is 11.3. The molecule has 0 aromatic carbocycles. The molecule has 0 atom stereocenters. The molecule has 94 valence electrons. The third kappa shape index (κ3) is 5.78. The molecule has 0 aromatic rings. The molecule has 1 saturated carbocycles. The fourth-order valence-electron chi connectivity index (χ4n) is 1.97. The van der Waals surface area contributed by atoms with E-state index in [9.17, 15) is 4.79 Å². The minimum absolute atomic E-state index is 0.117. The second kappa shape index (κ2) is 7.99. The van der Waals surface area contributed by atoms with Crippen LogP contribution in [0.2, 0.25) is 0 Å². The highest BCUT2D eigenvalue weighted by Crippen LogP contribution is 2.28. The predicted octanol–water partition coefficient (Wildman–Crippen LogP) is 3.21. The summed E-state index contributed by atoms with van der Waals surface area (Å²) in [5, 5.41) is 3.87. The molecule has 0 bridgehead atoms. The lowest BCUT2D eigenvalue weighted by Gasteiger charge is -2.20. The number of amides is 1. The fourth-order valence-corrected chi connectivity index (χ4v) is 3.28. The second-order valence-corrected chi connectivity index (χ2v) is 6.34. The van der Waals surface area contributed by atoms with Gasteiger partial charge in [-0.2, -0.15) is 11.8 Å². The van der Waals surface area contributed by atoms with E-state index in [0.717, 1.165) is 18.2 Å². The van der Waals surface area contributed by atoms with E-state index in [0.29, 0.717) is 0 Å². The Kier molecular flexibility index (Phi) is 6.93. The van der Waals surface area contributed by atoms with Crippen LogP contribution in [0.1, 0.15) is 52.4 Å². The monoisotopic (exact) mass is 243 g/mol. The van der Waals surface area contributed by atoms with Crippen molar-refractivity contribution in [2.24, 2.45) is 5.92 Å². The molecule has 1 rings (SSSR count). The molecule has 1 N–H and O–H groups in total. The average Bonchev–Trinajstić information content (AvgIpc) is 2.29. The number of carbonyl (C=O) groups excluding carboxylic acids is 1. The van der Waals surface area contributed by atoms with Gasteiger partial charge in [-0.3, -0.25) is 4.79 Å². The summed E-state index contributed by atoms with van der Waals surface area (Å²) in [6.45, 7) is 4.72. The molecular weight excluding hydrogens is 218 g/mol. The van der Waals surface area contributed by atoms with Crippen LogP contribution in [-0.4, -0.2) is 23.5 Å². The third-order valence-electron chi connectivity index (χ3n) is 3.05. The van der Waals surface area contributed by atoms with Crippen LogP contribution >= 0.6 is 11.8 Å². The van der Waals surface area contributed by atoms with E-state index in [2.05, 4.69) is 17.1 Å². The van der Waals surface area contributed by atoms with Gasteiger partial charge in [-0.15, -0.1) is 0 Å². The largest absolute Gasteiger partial charge is 0.356 e. The molecule has 0 saturated heterocycles. The summed E-state index contributed by atoms with van der Waals surface area (Å²) < 4.78 is 0. The molecule has 0 aromatic heterocycles. The minimum atomic E-state index is 0.117. The molecule has 2 nitrogen and oxygen atoms in total. The van der Waals surface area contributed by atoms with Gasteiger partial charge in [0.25, 0.3) is 0 Å². The number of hydrogen-bond acceptors (Lipinski definition) is 2. The minimum Gasteiger partial charge on any atom is -0.356 e. The van der Waals surface area contributed by atoms with E-state index >= 15 is 0 Å². The summed E-state index contributed by atoms with van der Waals surface area (Å²) >= 11 is 2.11. The third-order valence-corrected chi connectivity index (χ3v) is 4.52. The highest BCUT2D eigenvalue weighted by molar-refractivity contribution is 7.99. The first-order valence-corrected chi connectivity index (χ1v) is 7.64. The molecule has 1 aliphatic rings. The van der Waals surface area contributed by atoms with Gasteiger partial charge in [-0.25, -0.2) is 0 Å². The van der Waals surface area contributed by atoms with E-state index in [-0.39, 0.29) is 11.8 Å². The van der Waals surface area contributed by atoms with E-state index in [4.69, 9.17) is 0 Å². The summed E-state index contributed by atoms with van der Waals surface area (Å²) in [7, 11) is 0. The van der Waals surface area contributed by atoms with E-state index < -0.39 is 0 Å². The maximum atomic E-state index is 11.3. The lowest BCUT2D eigenvalue weighted by Crippen LogP contribution is -2.28. The van der Waals surface area contributed by atoms with Crippen LogP contribution in [0, 0.1) is 5.92 Å². The molecule has 0 aliphatic heterocycles. The molecule has 3 heteroatoms. The molecule has 1 amide bonds. The van der Waals surface area contributed by atoms with Crippen molar-refractivity contribution in [3.05, 3.63) is 0 Å². The summed E-state index contributed by atoms with van der Waals surface area (Å²) in [6.07, 6.45) is 8.19. The Morgan fingerprint density at radius 2 is 2.00 bits per heavy atom. The average molecular weight is 243 g/mol. The van der Waals surface area contributed by atoms with Crippen LogP contribution in [-0.2, 0) is 4.79 Å². The zero-order chi connectivity index (χ0) is 11.8. The highest BCUT2D eigenvalue weighted by atomic mass is 32.2. The van der Waals surface area contributed by atoms with Gasteiger partial charge in [0.1, 0.15) is 0 Å². The standard InChI is InChI=1S/C13H25NOS/c1-11(2)13(15)14-9-6-10-16-12-7-4-3-5-8-12/h11-12H,3-10H2,1-2H3,(H,14,15). The lowest BCUT2D eigenvalue weighted by molar-refractivity contribution is -0.123. The Labute approximate surface area is 104 Å². The van der Waals surface area contributed by atoms with Crippen LogP contribution in [0.15, 0.2) is 0 Å². The van der Waals surface area contributed by atoms with Gasteiger partial charge in [-0.05, 0) is 25.0 Å². The quantitative estimate of drug-likeness (QED) is 0.726. The molecule has 1 fully saturated rings. The first kappa shape index (κ1) is 13.9. The van der Waals surface area contributed by atoms with Crippen molar-refractivity contribution < 1.29 is 4.79 Å². The van der Waals surface area contributed by atoms with Crippen molar-refractivity contribution in [3.63, 3.8) is 0 Å². The van der Waals surface area contributed by atoms with Crippen molar-refractivity contribution in [1.29, 1.82) is 0 Å².